The Balaban J connectivity index is 2.04. The lowest BCUT2D eigenvalue weighted by Gasteiger charge is -2.08. The quantitative estimate of drug-likeness (QED) is 0.732. The monoisotopic (exact) mass is 207 g/mol. The van der Waals surface area contributed by atoms with Crippen LogP contribution in [0, 0.1) is 12.4 Å². The predicted molar refractivity (Wildman–Crippen MR) is 58.0 cm³/mol. The van der Waals surface area contributed by atoms with Crippen molar-refractivity contribution in [1.29, 1.82) is 0 Å². The summed E-state index contributed by atoms with van der Waals surface area (Å²) in [5, 5.41) is 0. The summed E-state index contributed by atoms with van der Waals surface area (Å²) in [5.41, 5.74) is 1.65. The molecule has 1 aromatic carbocycles. The largest absolute Gasteiger partial charge is 0.368 e. The first-order valence-electron chi connectivity index (χ1n) is 5.45. The zero-order valence-corrected chi connectivity index (χ0v) is 9.16. The second-order valence-electron chi connectivity index (χ2n) is 4.36. The smallest absolute Gasteiger partial charge is 0.127 e. The van der Waals surface area contributed by atoms with Gasteiger partial charge in [0.15, 0.2) is 0 Å². The number of halogens is 1. The van der Waals surface area contributed by atoms with Crippen LogP contribution in [0.1, 0.15) is 43.7 Å². The van der Waals surface area contributed by atoms with Gasteiger partial charge in [0.1, 0.15) is 12.4 Å². The van der Waals surface area contributed by atoms with Crippen molar-refractivity contribution in [3.63, 3.8) is 0 Å². The van der Waals surface area contributed by atoms with E-state index in [-0.39, 0.29) is 11.9 Å². The number of hydrogen-bond acceptors (Lipinski definition) is 1. The van der Waals surface area contributed by atoms with Crippen LogP contribution in [0.5, 0.6) is 0 Å². The molecule has 0 bridgehead atoms. The van der Waals surface area contributed by atoms with Crippen LogP contribution < -0.4 is 0 Å². The van der Waals surface area contributed by atoms with Gasteiger partial charge in [-0.05, 0) is 49.8 Å². The van der Waals surface area contributed by atoms with Gasteiger partial charge in [0.25, 0.3) is 0 Å². The van der Waals surface area contributed by atoms with Crippen LogP contribution in [0.15, 0.2) is 18.2 Å². The standard InChI is InChI=1S/C13H16FO/c1-9(2)15-8-10-3-6-12(11-4-5-11)13(14)7-10/h3,6-9,11H,4-5H2,1-2H3. The van der Waals surface area contributed by atoms with Crippen molar-refractivity contribution in [2.45, 2.75) is 38.7 Å². The van der Waals surface area contributed by atoms with Crippen LogP contribution in [0.3, 0.4) is 0 Å². The SMILES string of the molecule is CC(C)O[CH]c1ccc(C2CC2)c(F)c1. The van der Waals surface area contributed by atoms with E-state index in [2.05, 4.69) is 0 Å². The minimum Gasteiger partial charge on any atom is -0.368 e. The third-order valence-electron chi connectivity index (χ3n) is 2.52. The van der Waals surface area contributed by atoms with Gasteiger partial charge in [-0.15, -0.1) is 0 Å². The van der Waals surface area contributed by atoms with E-state index < -0.39 is 0 Å². The third kappa shape index (κ3) is 2.78. The number of benzene rings is 1. The van der Waals surface area contributed by atoms with Gasteiger partial charge in [-0.1, -0.05) is 12.1 Å². The average molecular weight is 207 g/mol. The van der Waals surface area contributed by atoms with Crippen molar-refractivity contribution in [2.75, 3.05) is 0 Å². The summed E-state index contributed by atoms with van der Waals surface area (Å²) in [4.78, 5) is 0. The lowest BCUT2D eigenvalue weighted by atomic mass is 10.1. The summed E-state index contributed by atoms with van der Waals surface area (Å²) >= 11 is 0. The zero-order valence-electron chi connectivity index (χ0n) is 9.16. The molecule has 1 aliphatic carbocycles. The highest BCUT2D eigenvalue weighted by molar-refractivity contribution is 5.32. The van der Waals surface area contributed by atoms with Gasteiger partial charge < -0.3 is 4.74 Å². The Bertz CT molecular complexity index is 342. The van der Waals surface area contributed by atoms with E-state index in [4.69, 9.17) is 4.74 Å². The molecule has 0 amide bonds. The van der Waals surface area contributed by atoms with E-state index in [1.807, 2.05) is 26.0 Å². The molecule has 0 saturated heterocycles. The van der Waals surface area contributed by atoms with Crippen molar-refractivity contribution < 1.29 is 9.13 Å². The van der Waals surface area contributed by atoms with E-state index >= 15 is 0 Å². The molecule has 0 N–H and O–H groups in total. The van der Waals surface area contributed by atoms with Gasteiger partial charge in [-0.3, -0.25) is 0 Å². The first kappa shape index (κ1) is 10.6. The Hall–Kier alpha value is -0.890. The summed E-state index contributed by atoms with van der Waals surface area (Å²) in [5.74, 6) is 0.365. The van der Waals surface area contributed by atoms with Gasteiger partial charge in [0.05, 0.1) is 6.10 Å². The number of rotatable bonds is 4. The van der Waals surface area contributed by atoms with Gasteiger partial charge in [0, 0.05) is 0 Å². The third-order valence-corrected chi connectivity index (χ3v) is 2.52. The Morgan fingerprint density at radius 2 is 2.13 bits per heavy atom. The molecule has 0 unspecified atom stereocenters. The van der Waals surface area contributed by atoms with Gasteiger partial charge in [0.2, 0.25) is 0 Å². The number of ether oxygens (including phenoxy) is 1. The molecule has 2 heteroatoms. The van der Waals surface area contributed by atoms with Crippen LogP contribution in [0.25, 0.3) is 0 Å². The maximum absolute atomic E-state index is 13.6. The molecule has 2 rings (SSSR count). The van der Waals surface area contributed by atoms with E-state index in [1.54, 1.807) is 12.7 Å². The Morgan fingerprint density at radius 3 is 2.67 bits per heavy atom. The van der Waals surface area contributed by atoms with E-state index in [0.29, 0.717) is 5.92 Å². The van der Waals surface area contributed by atoms with E-state index in [1.165, 1.54) is 0 Å². The van der Waals surface area contributed by atoms with Gasteiger partial charge in [-0.2, -0.15) is 0 Å². The maximum Gasteiger partial charge on any atom is 0.127 e. The second-order valence-corrected chi connectivity index (χ2v) is 4.36. The molecule has 0 spiro atoms. The molecular formula is C13H16FO. The molecule has 1 fully saturated rings. The Labute approximate surface area is 90.3 Å². The fourth-order valence-electron chi connectivity index (χ4n) is 1.56. The molecule has 1 nitrogen and oxygen atoms in total. The molecule has 1 aliphatic rings. The Morgan fingerprint density at radius 1 is 1.40 bits per heavy atom. The van der Waals surface area contributed by atoms with Gasteiger partial charge >= 0.3 is 0 Å². The molecule has 0 aromatic heterocycles. The molecule has 15 heavy (non-hydrogen) atoms. The summed E-state index contributed by atoms with van der Waals surface area (Å²) in [6, 6.07) is 5.34. The molecular weight excluding hydrogens is 191 g/mol. The van der Waals surface area contributed by atoms with Crippen LogP contribution in [-0.4, -0.2) is 6.10 Å². The first-order chi connectivity index (χ1) is 7.16. The van der Waals surface area contributed by atoms with Crippen LogP contribution in [-0.2, 0) is 4.74 Å². The molecule has 1 saturated carbocycles. The van der Waals surface area contributed by atoms with E-state index in [9.17, 15) is 4.39 Å². The topological polar surface area (TPSA) is 9.23 Å². The minimum absolute atomic E-state index is 0.0985. The summed E-state index contributed by atoms with van der Waals surface area (Å²) in [6.45, 7) is 5.52. The fourth-order valence-corrected chi connectivity index (χ4v) is 1.56. The number of hydrogen-bond donors (Lipinski definition) is 0. The van der Waals surface area contributed by atoms with Crippen LogP contribution in [0.4, 0.5) is 4.39 Å². The predicted octanol–water partition coefficient (Wildman–Crippen LogP) is 3.64. The summed E-state index contributed by atoms with van der Waals surface area (Å²) in [7, 11) is 0. The van der Waals surface area contributed by atoms with Crippen molar-refractivity contribution >= 4 is 0 Å². The minimum atomic E-state index is -0.0985. The lowest BCUT2D eigenvalue weighted by Crippen LogP contribution is -2.01. The molecule has 0 atom stereocenters. The lowest BCUT2D eigenvalue weighted by molar-refractivity contribution is 0.147. The van der Waals surface area contributed by atoms with Crippen molar-refractivity contribution in [2.24, 2.45) is 0 Å². The summed E-state index contributed by atoms with van der Waals surface area (Å²) < 4.78 is 18.9. The van der Waals surface area contributed by atoms with Crippen molar-refractivity contribution in [3.05, 3.63) is 41.8 Å². The van der Waals surface area contributed by atoms with Crippen molar-refractivity contribution in [1.82, 2.24) is 0 Å². The normalized spacial score (nSPS) is 16.0. The molecule has 0 heterocycles. The van der Waals surface area contributed by atoms with Crippen LogP contribution >= 0.6 is 0 Å². The average Bonchev–Trinajstić information content (AvgIpc) is 2.98. The van der Waals surface area contributed by atoms with E-state index in [0.717, 1.165) is 24.0 Å². The fraction of sp³-hybridized carbons (Fsp3) is 0.462. The molecule has 1 radical (unpaired) electrons. The highest BCUT2D eigenvalue weighted by Crippen LogP contribution is 2.41. The highest BCUT2D eigenvalue weighted by Gasteiger charge is 2.26. The van der Waals surface area contributed by atoms with Crippen LogP contribution in [0.2, 0.25) is 0 Å². The molecule has 0 aliphatic heterocycles. The molecule has 1 aromatic rings. The summed E-state index contributed by atoms with van der Waals surface area (Å²) in [6.07, 6.45) is 2.39. The Kier molecular flexibility index (Phi) is 3.06. The first-order valence-corrected chi connectivity index (χ1v) is 5.45. The highest BCUT2D eigenvalue weighted by atomic mass is 19.1. The molecule has 81 valence electrons. The van der Waals surface area contributed by atoms with Crippen molar-refractivity contribution in [3.8, 4) is 0 Å². The maximum atomic E-state index is 13.6. The second kappa shape index (κ2) is 4.31. The van der Waals surface area contributed by atoms with Gasteiger partial charge in [-0.25, -0.2) is 4.39 Å². The zero-order chi connectivity index (χ0) is 10.8.